The Morgan fingerprint density at radius 3 is 1.29 bits per heavy atom. The van der Waals surface area contributed by atoms with Gasteiger partial charge in [-0.2, -0.15) is 0 Å². The minimum Gasteiger partial charge on any atom is -0.281 e. The minimum absolute atomic E-state index is 0.269. The van der Waals surface area contributed by atoms with Crippen LogP contribution < -0.4 is 0 Å². The van der Waals surface area contributed by atoms with Crippen LogP contribution in [0.15, 0.2) is 72.9 Å². The van der Waals surface area contributed by atoms with Crippen molar-refractivity contribution in [3.8, 4) is 0 Å². The molecule has 0 rings (SSSR count). The molecule has 24 heavy (non-hydrogen) atoms. The summed E-state index contributed by atoms with van der Waals surface area (Å²) >= 11 is 5.25. The SMILES string of the molecule is CCC=CCC=CCC=CCC=CCC=CC/C=C\CCC(=O)Cl. The van der Waals surface area contributed by atoms with E-state index in [-0.39, 0.29) is 5.24 Å². The standard InChI is InChI=1S/C22H31ClO/c1-2-3-4-5-6-7-8-9-10-11-12-13-14-15-16-17-18-19-20-21-22(23)24/h3-4,6-7,9-10,12-13,15-16,18-19H,2,5,8,11,14,17,20-21H2,1H3/b4-3?,7-6?,10-9?,13-12?,16-15?,19-18-. The summed E-state index contributed by atoms with van der Waals surface area (Å²) in [7, 11) is 0. The molecule has 0 aliphatic heterocycles. The molecule has 0 spiro atoms. The first-order valence-electron chi connectivity index (χ1n) is 8.85. The Labute approximate surface area is 153 Å². The molecule has 0 aromatic rings. The molecule has 0 saturated heterocycles. The summed E-state index contributed by atoms with van der Waals surface area (Å²) in [6.07, 6.45) is 33.1. The van der Waals surface area contributed by atoms with Crippen molar-refractivity contribution in [2.45, 2.75) is 58.3 Å². The first-order valence-corrected chi connectivity index (χ1v) is 9.23. The second-order valence-electron chi connectivity index (χ2n) is 5.31. The maximum atomic E-state index is 10.5. The molecular weight excluding hydrogens is 316 g/mol. The number of hydrogen-bond acceptors (Lipinski definition) is 1. The van der Waals surface area contributed by atoms with Crippen LogP contribution in [0, 0.1) is 0 Å². The highest BCUT2D eigenvalue weighted by Crippen LogP contribution is 1.99. The lowest BCUT2D eigenvalue weighted by Crippen LogP contribution is -1.81. The van der Waals surface area contributed by atoms with Gasteiger partial charge in [0.05, 0.1) is 0 Å². The van der Waals surface area contributed by atoms with Crippen molar-refractivity contribution >= 4 is 16.8 Å². The third-order valence-corrected chi connectivity index (χ3v) is 3.29. The van der Waals surface area contributed by atoms with E-state index in [4.69, 9.17) is 11.6 Å². The van der Waals surface area contributed by atoms with E-state index in [1.54, 1.807) is 0 Å². The Morgan fingerprint density at radius 2 is 0.958 bits per heavy atom. The van der Waals surface area contributed by atoms with Gasteiger partial charge in [-0.25, -0.2) is 0 Å². The molecule has 1 nitrogen and oxygen atoms in total. The van der Waals surface area contributed by atoms with Gasteiger partial charge in [-0.1, -0.05) is 79.8 Å². The molecule has 0 aromatic carbocycles. The molecule has 2 heteroatoms. The third-order valence-electron chi connectivity index (χ3n) is 3.10. The Morgan fingerprint density at radius 1 is 0.625 bits per heavy atom. The number of rotatable bonds is 14. The summed E-state index contributed by atoms with van der Waals surface area (Å²) in [6, 6.07) is 0. The van der Waals surface area contributed by atoms with E-state index in [2.05, 4.69) is 73.8 Å². The fourth-order valence-electron chi connectivity index (χ4n) is 1.84. The summed E-state index contributed by atoms with van der Waals surface area (Å²) in [5.74, 6) is 0. The number of halogens is 1. The van der Waals surface area contributed by atoms with Crippen molar-refractivity contribution in [3.05, 3.63) is 72.9 Å². The van der Waals surface area contributed by atoms with Crippen molar-refractivity contribution in [1.82, 2.24) is 0 Å². The summed E-state index contributed by atoms with van der Waals surface area (Å²) in [6.45, 7) is 2.15. The lowest BCUT2D eigenvalue weighted by Gasteiger charge is -1.87. The van der Waals surface area contributed by atoms with Crippen molar-refractivity contribution in [3.63, 3.8) is 0 Å². The van der Waals surface area contributed by atoms with Gasteiger partial charge < -0.3 is 0 Å². The molecule has 0 atom stereocenters. The molecule has 0 amide bonds. The van der Waals surface area contributed by atoms with Gasteiger partial charge in [0.2, 0.25) is 5.24 Å². The van der Waals surface area contributed by atoms with Crippen LogP contribution >= 0.6 is 11.6 Å². The zero-order valence-corrected chi connectivity index (χ0v) is 15.6. The molecule has 0 fully saturated rings. The lowest BCUT2D eigenvalue weighted by atomic mass is 10.2. The average molecular weight is 347 g/mol. The lowest BCUT2D eigenvalue weighted by molar-refractivity contribution is -0.111. The van der Waals surface area contributed by atoms with Gasteiger partial charge in [-0.3, -0.25) is 4.79 Å². The van der Waals surface area contributed by atoms with Gasteiger partial charge in [0.25, 0.3) is 0 Å². The zero-order valence-electron chi connectivity index (χ0n) is 14.9. The second-order valence-corrected chi connectivity index (χ2v) is 5.73. The smallest absolute Gasteiger partial charge is 0.221 e. The van der Waals surface area contributed by atoms with Crippen LogP contribution in [0.25, 0.3) is 0 Å². The maximum Gasteiger partial charge on any atom is 0.221 e. The highest BCUT2D eigenvalue weighted by molar-refractivity contribution is 6.63. The Kier molecular flexibility index (Phi) is 18.2. The quantitative estimate of drug-likeness (QED) is 0.239. The second kappa shape index (κ2) is 19.4. The van der Waals surface area contributed by atoms with Crippen LogP contribution in [0.5, 0.6) is 0 Å². The molecular formula is C22H31ClO. The summed E-state index contributed by atoms with van der Waals surface area (Å²) in [5.41, 5.74) is 0. The molecule has 0 aromatic heterocycles. The molecule has 0 bridgehead atoms. The first-order chi connectivity index (χ1) is 11.8. The Bertz CT molecular complexity index is 464. The molecule has 0 N–H and O–H groups in total. The normalized spacial score (nSPS) is 13.1. The van der Waals surface area contributed by atoms with E-state index in [0.29, 0.717) is 6.42 Å². The zero-order chi connectivity index (χ0) is 17.7. The van der Waals surface area contributed by atoms with Crippen molar-refractivity contribution in [2.24, 2.45) is 0 Å². The highest BCUT2D eigenvalue weighted by Gasteiger charge is 1.90. The van der Waals surface area contributed by atoms with E-state index in [1.165, 1.54) is 0 Å². The van der Waals surface area contributed by atoms with E-state index in [1.807, 2.05) is 6.08 Å². The van der Waals surface area contributed by atoms with Crippen LogP contribution in [0.1, 0.15) is 58.3 Å². The molecule has 0 aliphatic carbocycles. The maximum absolute atomic E-state index is 10.5. The van der Waals surface area contributed by atoms with Crippen LogP contribution in [0.2, 0.25) is 0 Å². The van der Waals surface area contributed by atoms with Gasteiger partial charge in [0, 0.05) is 6.42 Å². The van der Waals surface area contributed by atoms with E-state index in [0.717, 1.165) is 44.9 Å². The van der Waals surface area contributed by atoms with Crippen LogP contribution in [-0.4, -0.2) is 5.24 Å². The van der Waals surface area contributed by atoms with Crippen LogP contribution in [0.3, 0.4) is 0 Å². The Hall–Kier alpha value is -1.60. The summed E-state index contributed by atoms with van der Waals surface area (Å²) in [5, 5.41) is -0.269. The van der Waals surface area contributed by atoms with Gasteiger partial charge in [0.15, 0.2) is 0 Å². The van der Waals surface area contributed by atoms with Crippen molar-refractivity contribution < 1.29 is 4.79 Å². The summed E-state index contributed by atoms with van der Waals surface area (Å²) < 4.78 is 0. The van der Waals surface area contributed by atoms with Gasteiger partial charge in [-0.05, 0) is 56.5 Å². The topological polar surface area (TPSA) is 17.1 Å². The van der Waals surface area contributed by atoms with E-state index in [9.17, 15) is 4.79 Å². The van der Waals surface area contributed by atoms with Gasteiger partial charge >= 0.3 is 0 Å². The van der Waals surface area contributed by atoms with Gasteiger partial charge in [0.1, 0.15) is 0 Å². The highest BCUT2D eigenvalue weighted by atomic mass is 35.5. The largest absolute Gasteiger partial charge is 0.281 e. The molecule has 0 radical (unpaired) electrons. The van der Waals surface area contributed by atoms with Gasteiger partial charge in [-0.15, -0.1) is 0 Å². The van der Waals surface area contributed by atoms with Crippen LogP contribution in [0.4, 0.5) is 0 Å². The molecule has 132 valence electrons. The average Bonchev–Trinajstić information content (AvgIpc) is 2.56. The van der Waals surface area contributed by atoms with Crippen LogP contribution in [-0.2, 0) is 4.79 Å². The Balaban J connectivity index is 3.51. The first kappa shape index (κ1) is 22.4. The number of carbonyl (C=O) groups excluding carboxylic acids is 1. The number of allylic oxidation sites excluding steroid dienone is 12. The molecule has 0 aliphatic rings. The number of hydrogen-bond donors (Lipinski definition) is 0. The predicted molar refractivity (Wildman–Crippen MR) is 108 cm³/mol. The predicted octanol–water partition coefficient (Wildman–Crippen LogP) is 7.23. The fraction of sp³-hybridized carbons (Fsp3) is 0.409. The monoisotopic (exact) mass is 346 g/mol. The van der Waals surface area contributed by atoms with Crippen molar-refractivity contribution in [1.29, 1.82) is 0 Å². The van der Waals surface area contributed by atoms with E-state index >= 15 is 0 Å². The molecule has 0 heterocycles. The fourth-order valence-corrected chi connectivity index (χ4v) is 1.95. The van der Waals surface area contributed by atoms with E-state index < -0.39 is 0 Å². The summed E-state index contributed by atoms with van der Waals surface area (Å²) in [4.78, 5) is 10.5. The third kappa shape index (κ3) is 20.4. The van der Waals surface area contributed by atoms with Crippen molar-refractivity contribution in [2.75, 3.05) is 0 Å². The molecule has 0 unspecified atom stereocenters. The minimum atomic E-state index is -0.269. The number of carbonyl (C=O) groups is 1. The molecule has 0 saturated carbocycles.